The molecule has 0 saturated carbocycles. The predicted octanol–water partition coefficient (Wildman–Crippen LogP) is 1.59. The molecular formula is C14H21FN2O. The van der Waals surface area contributed by atoms with Crippen molar-refractivity contribution in [2.45, 2.75) is 13.3 Å². The molecule has 100 valence electrons. The van der Waals surface area contributed by atoms with Gasteiger partial charge in [0.05, 0.1) is 7.11 Å². The molecule has 1 saturated heterocycles. The van der Waals surface area contributed by atoms with Crippen molar-refractivity contribution in [3.8, 4) is 5.75 Å². The van der Waals surface area contributed by atoms with E-state index in [-0.39, 0.29) is 5.82 Å². The highest BCUT2D eigenvalue weighted by molar-refractivity contribution is 5.41. The number of nitrogens with one attached hydrogen (secondary N) is 1. The Balaban J connectivity index is 2.05. The Morgan fingerprint density at radius 1 is 1.33 bits per heavy atom. The molecule has 0 bridgehead atoms. The maximum absolute atomic E-state index is 13.9. The standard InChI is InChI=1S/C14H21FN2O/c1-11-3-4-13(15)12(14(11)18-2)5-8-17-9-6-16-7-10-17/h3-4,16H,5-10H2,1-2H3. The van der Waals surface area contributed by atoms with Crippen molar-refractivity contribution < 1.29 is 9.13 Å². The largest absolute Gasteiger partial charge is 0.496 e. The molecular weight excluding hydrogens is 231 g/mol. The zero-order chi connectivity index (χ0) is 13.0. The van der Waals surface area contributed by atoms with E-state index in [1.165, 1.54) is 6.07 Å². The van der Waals surface area contributed by atoms with Crippen LogP contribution in [0.25, 0.3) is 0 Å². The number of piperazine rings is 1. The molecule has 0 aliphatic carbocycles. The molecule has 1 N–H and O–H groups in total. The summed E-state index contributed by atoms with van der Waals surface area (Å²) in [4.78, 5) is 2.36. The third kappa shape index (κ3) is 3.00. The fourth-order valence-corrected chi connectivity index (χ4v) is 2.44. The zero-order valence-electron chi connectivity index (χ0n) is 11.1. The molecule has 18 heavy (non-hydrogen) atoms. The molecule has 0 atom stereocenters. The van der Waals surface area contributed by atoms with Crippen LogP contribution in [0, 0.1) is 12.7 Å². The third-order valence-corrected chi connectivity index (χ3v) is 3.49. The minimum atomic E-state index is -0.160. The Labute approximate surface area is 108 Å². The number of rotatable bonds is 4. The molecule has 2 rings (SSSR count). The predicted molar refractivity (Wildman–Crippen MR) is 70.7 cm³/mol. The maximum Gasteiger partial charge on any atom is 0.130 e. The normalized spacial score (nSPS) is 16.8. The van der Waals surface area contributed by atoms with Crippen LogP contribution in [0.4, 0.5) is 4.39 Å². The Hall–Kier alpha value is -1.13. The van der Waals surface area contributed by atoms with Crippen molar-refractivity contribution in [2.24, 2.45) is 0 Å². The Kier molecular flexibility index (Phi) is 4.55. The first-order chi connectivity index (χ1) is 8.72. The van der Waals surface area contributed by atoms with Gasteiger partial charge in [-0.3, -0.25) is 0 Å². The molecule has 1 aromatic carbocycles. The van der Waals surface area contributed by atoms with E-state index in [2.05, 4.69) is 10.2 Å². The fourth-order valence-electron chi connectivity index (χ4n) is 2.44. The minimum Gasteiger partial charge on any atom is -0.496 e. The van der Waals surface area contributed by atoms with Crippen LogP contribution in [0.1, 0.15) is 11.1 Å². The van der Waals surface area contributed by atoms with Gasteiger partial charge in [0.1, 0.15) is 11.6 Å². The molecule has 1 aliphatic rings. The van der Waals surface area contributed by atoms with Gasteiger partial charge in [-0.15, -0.1) is 0 Å². The number of methoxy groups -OCH3 is 1. The number of hydrogen-bond acceptors (Lipinski definition) is 3. The SMILES string of the molecule is COc1c(C)ccc(F)c1CCN1CCNCC1. The Morgan fingerprint density at radius 3 is 2.72 bits per heavy atom. The number of hydrogen-bond donors (Lipinski definition) is 1. The van der Waals surface area contributed by atoms with Crippen LogP contribution in [-0.2, 0) is 6.42 Å². The quantitative estimate of drug-likeness (QED) is 0.880. The molecule has 0 amide bonds. The van der Waals surface area contributed by atoms with E-state index in [0.29, 0.717) is 17.7 Å². The van der Waals surface area contributed by atoms with Crippen LogP contribution in [0.15, 0.2) is 12.1 Å². The van der Waals surface area contributed by atoms with Crippen LogP contribution >= 0.6 is 0 Å². The van der Waals surface area contributed by atoms with Crippen molar-refractivity contribution in [2.75, 3.05) is 39.8 Å². The molecule has 1 aliphatic heterocycles. The first-order valence-electron chi connectivity index (χ1n) is 6.47. The van der Waals surface area contributed by atoms with Crippen molar-refractivity contribution in [1.82, 2.24) is 10.2 Å². The minimum absolute atomic E-state index is 0.160. The summed E-state index contributed by atoms with van der Waals surface area (Å²) in [6, 6.07) is 3.30. The van der Waals surface area contributed by atoms with Crippen LogP contribution < -0.4 is 10.1 Å². The average molecular weight is 252 g/mol. The van der Waals surface area contributed by atoms with E-state index in [9.17, 15) is 4.39 Å². The topological polar surface area (TPSA) is 24.5 Å². The molecule has 0 radical (unpaired) electrons. The van der Waals surface area contributed by atoms with Crippen molar-refractivity contribution in [1.29, 1.82) is 0 Å². The highest BCUT2D eigenvalue weighted by Crippen LogP contribution is 2.26. The lowest BCUT2D eigenvalue weighted by Gasteiger charge is -2.27. The lowest BCUT2D eigenvalue weighted by Crippen LogP contribution is -2.44. The Bertz CT molecular complexity index is 403. The van der Waals surface area contributed by atoms with E-state index in [1.54, 1.807) is 13.2 Å². The lowest BCUT2D eigenvalue weighted by molar-refractivity contribution is 0.242. The highest BCUT2D eigenvalue weighted by Gasteiger charge is 2.15. The summed E-state index contributed by atoms with van der Waals surface area (Å²) in [5.74, 6) is 0.540. The molecule has 4 heteroatoms. The van der Waals surface area contributed by atoms with Crippen LogP contribution in [0.2, 0.25) is 0 Å². The summed E-state index contributed by atoms with van der Waals surface area (Å²) in [7, 11) is 1.61. The summed E-state index contributed by atoms with van der Waals surface area (Å²) < 4.78 is 19.2. The van der Waals surface area contributed by atoms with Crippen molar-refractivity contribution in [3.05, 3.63) is 29.1 Å². The smallest absolute Gasteiger partial charge is 0.130 e. The molecule has 1 fully saturated rings. The lowest BCUT2D eigenvalue weighted by atomic mass is 10.1. The summed E-state index contributed by atoms with van der Waals surface area (Å²) in [6.07, 6.45) is 0.705. The van der Waals surface area contributed by atoms with Gasteiger partial charge in [0, 0.05) is 38.3 Å². The summed E-state index contributed by atoms with van der Waals surface area (Å²) in [5, 5.41) is 3.32. The van der Waals surface area contributed by atoms with Gasteiger partial charge < -0.3 is 15.0 Å². The average Bonchev–Trinajstić information content (AvgIpc) is 2.41. The second-order valence-electron chi connectivity index (χ2n) is 4.72. The second kappa shape index (κ2) is 6.16. The van der Waals surface area contributed by atoms with Gasteiger partial charge in [0.15, 0.2) is 0 Å². The molecule has 0 spiro atoms. The van der Waals surface area contributed by atoms with E-state index in [1.807, 2.05) is 6.92 Å². The van der Waals surface area contributed by atoms with E-state index in [4.69, 9.17) is 4.74 Å². The third-order valence-electron chi connectivity index (χ3n) is 3.49. The fraction of sp³-hybridized carbons (Fsp3) is 0.571. The molecule has 0 unspecified atom stereocenters. The van der Waals surface area contributed by atoms with Crippen LogP contribution in [0.3, 0.4) is 0 Å². The van der Waals surface area contributed by atoms with Gasteiger partial charge in [-0.2, -0.15) is 0 Å². The summed E-state index contributed by atoms with van der Waals surface area (Å²) in [5.41, 5.74) is 1.70. The first-order valence-corrected chi connectivity index (χ1v) is 6.47. The van der Waals surface area contributed by atoms with E-state index >= 15 is 0 Å². The number of benzene rings is 1. The Morgan fingerprint density at radius 2 is 2.06 bits per heavy atom. The van der Waals surface area contributed by atoms with Crippen LogP contribution in [-0.4, -0.2) is 44.7 Å². The summed E-state index contributed by atoms with van der Waals surface area (Å²) in [6.45, 7) is 6.96. The van der Waals surface area contributed by atoms with Crippen LogP contribution in [0.5, 0.6) is 5.75 Å². The van der Waals surface area contributed by atoms with Crippen molar-refractivity contribution in [3.63, 3.8) is 0 Å². The van der Waals surface area contributed by atoms with Gasteiger partial charge in [0.2, 0.25) is 0 Å². The molecule has 0 aromatic heterocycles. The van der Waals surface area contributed by atoms with Gasteiger partial charge in [0.25, 0.3) is 0 Å². The molecule has 1 heterocycles. The zero-order valence-corrected chi connectivity index (χ0v) is 11.1. The second-order valence-corrected chi connectivity index (χ2v) is 4.72. The number of halogens is 1. The monoisotopic (exact) mass is 252 g/mol. The first kappa shape index (κ1) is 13.3. The summed E-state index contributed by atoms with van der Waals surface area (Å²) >= 11 is 0. The molecule has 1 aromatic rings. The maximum atomic E-state index is 13.9. The number of nitrogens with zero attached hydrogens (tertiary/aromatic N) is 1. The number of aryl methyl sites for hydroxylation is 1. The van der Waals surface area contributed by atoms with Crippen molar-refractivity contribution >= 4 is 0 Å². The molecule has 3 nitrogen and oxygen atoms in total. The van der Waals surface area contributed by atoms with E-state index in [0.717, 1.165) is 38.3 Å². The van der Waals surface area contributed by atoms with E-state index < -0.39 is 0 Å². The van der Waals surface area contributed by atoms with Gasteiger partial charge in [-0.05, 0) is 25.0 Å². The number of ether oxygens (including phenoxy) is 1. The van der Waals surface area contributed by atoms with Gasteiger partial charge >= 0.3 is 0 Å². The van der Waals surface area contributed by atoms with Gasteiger partial charge in [-0.1, -0.05) is 6.07 Å². The highest BCUT2D eigenvalue weighted by atomic mass is 19.1. The van der Waals surface area contributed by atoms with Gasteiger partial charge in [-0.25, -0.2) is 4.39 Å².